The van der Waals surface area contributed by atoms with Gasteiger partial charge in [0.1, 0.15) is 5.75 Å². The average molecular weight is 365 g/mol. The smallest absolute Gasteiger partial charge is 0.115 e. The zero-order valence-corrected chi connectivity index (χ0v) is 16.6. The molecular weight excluding hydrogens is 336 g/mol. The third-order valence-corrected chi connectivity index (χ3v) is 8.84. The lowest BCUT2D eigenvalue weighted by molar-refractivity contribution is 0.0350. The van der Waals surface area contributed by atoms with Crippen molar-refractivity contribution in [2.75, 3.05) is 0 Å². The Morgan fingerprint density at radius 3 is 2.92 bits per heavy atom. The van der Waals surface area contributed by atoms with Gasteiger partial charge in [-0.2, -0.15) is 0 Å². The summed E-state index contributed by atoms with van der Waals surface area (Å²) < 4.78 is 0. The predicted molar refractivity (Wildman–Crippen MR) is 110 cm³/mol. The Morgan fingerprint density at radius 1 is 1.23 bits per heavy atom. The Kier molecular flexibility index (Phi) is 3.83. The number of benzene rings is 1. The van der Waals surface area contributed by atoms with Crippen LogP contribution in [-0.2, 0) is 6.42 Å². The molecule has 1 nitrogen and oxygen atoms in total. The standard InChI is InChI=1S/C24H28OS/c1-15-17(13-19-4-3-11-26-19)14-23-22-7-5-16-12-18(25)6-8-20(16)21(22)9-10-24(15,23)2/h3-4,6,8,11-13,15,21-23,25H,5,7,9-10,14H2,1-2H3/b17-13+/t15?,21?,22?,23?,24-/m1/s1. The van der Waals surface area contributed by atoms with Crippen LogP contribution in [0.25, 0.3) is 6.08 Å². The van der Waals surface area contributed by atoms with Crippen molar-refractivity contribution in [3.05, 3.63) is 57.3 Å². The largest absolute Gasteiger partial charge is 0.508 e. The molecule has 5 rings (SSSR count). The second kappa shape index (κ2) is 5.99. The van der Waals surface area contributed by atoms with Crippen LogP contribution in [0.5, 0.6) is 5.75 Å². The number of fused-ring (bicyclic) bond motifs is 5. The molecule has 1 aromatic carbocycles. The van der Waals surface area contributed by atoms with Crippen molar-refractivity contribution < 1.29 is 5.11 Å². The van der Waals surface area contributed by atoms with Gasteiger partial charge in [0.25, 0.3) is 0 Å². The summed E-state index contributed by atoms with van der Waals surface area (Å²) in [5.74, 6) is 3.44. The van der Waals surface area contributed by atoms with E-state index in [4.69, 9.17) is 0 Å². The molecule has 4 unspecified atom stereocenters. The highest BCUT2D eigenvalue weighted by atomic mass is 32.1. The monoisotopic (exact) mass is 364 g/mol. The number of hydrogen-bond acceptors (Lipinski definition) is 2. The van der Waals surface area contributed by atoms with E-state index in [-0.39, 0.29) is 0 Å². The van der Waals surface area contributed by atoms with Gasteiger partial charge in [0.05, 0.1) is 0 Å². The summed E-state index contributed by atoms with van der Waals surface area (Å²) >= 11 is 1.86. The van der Waals surface area contributed by atoms with Gasteiger partial charge in [0.15, 0.2) is 0 Å². The van der Waals surface area contributed by atoms with Crippen molar-refractivity contribution in [2.24, 2.45) is 23.2 Å². The van der Waals surface area contributed by atoms with Gasteiger partial charge in [-0.25, -0.2) is 0 Å². The molecule has 136 valence electrons. The van der Waals surface area contributed by atoms with Gasteiger partial charge < -0.3 is 5.11 Å². The minimum absolute atomic E-state index is 0.429. The first-order chi connectivity index (χ1) is 12.6. The van der Waals surface area contributed by atoms with Crippen molar-refractivity contribution in [1.82, 2.24) is 0 Å². The van der Waals surface area contributed by atoms with E-state index in [9.17, 15) is 5.11 Å². The summed E-state index contributed by atoms with van der Waals surface area (Å²) in [6, 6.07) is 10.5. The molecule has 1 aromatic heterocycles. The summed E-state index contributed by atoms with van der Waals surface area (Å²) in [5, 5.41) is 12.0. The van der Waals surface area contributed by atoms with Crippen LogP contribution in [0.3, 0.4) is 0 Å². The van der Waals surface area contributed by atoms with Gasteiger partial charge in [-0.05, 0) is 102 Å². The molecule has 2 saturated carbocycles. The Balaban J connectivity index is 1.49. The minimum atomic E-state index is 0.429. The highest BCUT2D eigenvalue weighted by Crippen LogP contribution is 2.64. The van der Waals surface area contributed by atoms with E-state index < -0.39 is 0 Å². The molecule has 0 bridgehead atoms. The lowest BCUT2D eigenvalue weighted by atomic mass is 9.54. The van der Waals surface area contributed by atoms with Crippen molar-refractivity contribution >= 4 is 17.4 Å². The van der Waals surface area contributed by atoms with Crippen LogP contribution in [0, 0.1) is 23.2 Å². The maximum absolute atomic E-state index is 9.86. The number of thiophene rings is 1. The average Bonchev–Trinajstić information content (AvgIpc) is 3.23. The van der Waals surface area contributed by atoms with E-state index in [2.05, 4.69) is 43.5 Å². The second-order valence-electron chi connectivity index (χ2n) is 9.00. The second-order valence-corrected chi connectivity index (χ2v) is 9.98. The molecule has 3 aliphatic carbocycles. The molecule has 2 heteroatoms. The van der Waals surface area contributed by atoms with E-state index in [1.807, 2.05) is 23.5 Å². The van der Waals surface area contributed by atoms with Gasteiger partial charge in [0, 0.05) is 4.88 Å². The molecule has 0 spiro atoms. The van der Waals surface area contributed by atoms with Crippen LogP contribution < -0.4 is 0 Å². The molecule has 3 aliphatic rings. The Morgan fingerprint density at radius 2 is 2.12 bits per heavy atom. The number of aryl methyl sites for hydroxylation is 1. The summed E-state index contributed by atoms with van der Waals surface area (Å²) in [6.45, 7) is 5.05. The van der Waals surface area contributed by atoms with Gasteiger partial charge >= 0.3 is 0 Å². The quantitative estimate of drug-likeness (QED) is 0.601. The third-order valence-electron chi connectivity index (χ3n) is 8.02. The van der Waals surface area contributed by atoms with Crippen LogP contribution in [0.1, 0.15) is 61.5 Å². The maximum Gasteiger partial charge on any atom is 0.115 e. The van der Waals surface area contributed by atoms with Gasteiger partial charge in [-0.1, -0.05) is 31.6 Å². The molecule has 1 heterocycles. The Hall–Kier alpha value is -1.54. The van der Waals surface area contributed by atoms with E-state index in [1.54, 1.807) is 5.57 Å². The first kappa shape index (κ1) is 16.6. The molecule has 0 aliphatic heterocycles. The van der Waals surface area contributed by atoms with E-state index >= 15 is 0 Å². The number of phenols is 1. The first-order valence-corrected chi connectivity index (χ1v) is 11.0. The van der Waals surface area contributed by atoms with Crippen molar-refractivity contribution in [3.8, 4) is 5.75 Å². The molecular formula is C24H28OS. The minimum Gasteiger partial charge on any atom is -0.508 e. The van der Waals surface area contributed by atoms with Crippen LogP contribution in [0.2, 0.25) is 0 Å². The highest BCUT2D eigenvalue weighted by Gasteiger charge is 2.54. The number of rotatable bonds is 1. The number of hydrogen-bond donors (Lipinski definition) is 1. The SMILES string of the molecule is CC1/C(=C/c2cccs2)CC2C3CCc4cc(O)ccc4C3CC[C@]12C. The van der Waals surface area contributed by atoms with E-state index in [1.165, 1.54) is 41.7 Å². The van der Waals surface area contributed by atoms with Gasteiger partial charge in [-0.15, -0.1) is 11.3 Å². The molecule has 0 saturated heterocycles. The number of aromatic hydroxyl groups is 1. The van der Waals surface area contributed by atoms with Crippen LogP contribution >= 0.6 is 11.3 Å². The number of phenolic OH excluding ortho intramolecular Hbond substituents is 1. The highest BCUT2D eigenvalue weighted by molar-refractivity contribution is 7.10. The predicted octanol–water partition coefficient (Wildman–Crippen LogP) is 6.64. The summed E-state index contributed by atoms with van der Waals surface area (Å²) in [7, 11) is 0. The molecule has 5 atom stereocenters. The summed E-state index contributed by atoms with van der Waals surface area (Å²) in [5.41, 5.74) is 5.07. The zero-order chi connectivity index (χ0) is 17.9. The Bertz CT molecular complexity index is 849. The molecule has 1 N–H and O–H groups in total. The molecule has 2 fully saturated rings. The van der Waals surface area contributed by atoms with Crippen molar-refractivity contribution in [3.63, 3.8) is 0 Å². The van der Waals surface area contributed by atoms with E-state index in [0.29, 0.717) is 23.0 Å². The van der Waals surface area contributed by atoms with Crippen LogP contribution in [-0.4, -0.2) is 5.11 Å². The lowest BCUT2D eigenvalue weighted by Gasteiger charge is -2.50. The molecule has 0 radical (unpaired) electrons. The fourth-order valence-electron chi connectivity index (χ4n) is 6.43. The lowest BCUT2D eigenvalue weighted by Crippen LogP contribution is -2.41. The fraction of sp³-hybridized carbons (Fsp3) is 0.500. The Labute approximate surface area is 160 Å². The maximum atomic E-state index is 9.86. The van der Waals surface area contributed by atoms with E-state index in [0.717, 1.165) is 18.3 Å². The van der Waals surface area contributed by atoms with Crippen LogP contribution in [0.4, 0.5) is 0 Å². The molecule has 26 heavy (non-hydrogen) atoms. The first-order valence-electron chi connectivity index (χ1n) is 10.1. The molecule has 0 amide bonds. The zero-order valence-electron chi connectivity index (χ0n) is 15.7. The van der Waals surface area contributed by atoms with Crippen LogP contribution in [0.15, 0.2) is 41.3 Å². The molecule has 2 aromatic rings. The fourth-order valence-corrected chi connectivity index (χ4v) is 7.12. The van der Waals surface area contributed by atoms with Gasteiger partial charge in [0.2, 0.25) is 0 Å². The normalized spacial score (nSPS) is 37.2. The van der Waals surface area contributed by atoms with Gasteiger partial charge in [-0.3, -0.25) is 0 Å². The van der Waals surface area contributed by atoms with Crippen molar-refractivity contribution in [2.45, 2.75) is 51.9 Å². The van der Waals surface area contributed by atoms with Crippen molar-refractivity contribution in [1.29, 1.82) is 0 Å². The summed E-state index contributed by atoms with van der Waals surface area (Å²) in [4.78, 5) is 1.41. The number of allylic oxidation sites excluding steroid dienone is 1. The third kappa shape index (κ3) is 2.41. The summed E-state index contributed by atoms with van der Waals surface area (Å²) in [6.07, 6.45) is 8.84. The topological polar surface area (TPSA) is 20.2 Å².